The summed E-state index contributed by atoms with van der Waals surface area (Å²) in [6, 6.07) is 16.6. The summed E-state index contributed by atoms with van der Waals surface area (Å²) in [7, 11) is 1.57. The third-order valence-electron chi connectivity index (χ3n) is 4.12. The molecule has 0 aliphatic heterocycles. The predicted octanol–water partition coefficient (Wildman–Crippen LogP) is 2.81. The van der Waals surface area contributed by atoms with Crippen LogP contribution in [0.1, 0.15) is 5.56 Å². The van der Waals surface area contributed by atoms with Crippen molar-refractivity contribution in [2.24, 2.45) is 0 Å². The summed E-state index contributed by atoms with van der Waals surface area (Å²) in [4.78, 5) is 19.5. The summed E-state index contributed by atoms with van der Waals surface area (Å²) >= 11 is 1.30. The zero-order valence-electron chi connectivity index (χ0n) is 14.8. The summed E-state index contributed by atoms with van der Waals surface area (Å²) in [6.07, 6.45) is 0. The van der Waals surface area contributed by atoms with Gasteiger partial charge in [-0.05, 0) is 36.4 Å². The van der Waals surface area contributed by atoms with Crippen LogP contribution < -0.4 is 10.3 Å². The maximum atomic E-state index is 12.4. The van der Waals surface area contributed by atoms with E-state index in [4.69, 9.17) is 4.74 Å². The lowest BCUT2D eigenvalue weighted by atomic mass is 10.1. The molecule has 0 spiro atoms. The van der Waals surface area contributed by atoms with E-state index in [1.54, 1.807) is 36.1 Å². The highest BCUT2D eigenvalue weighted by atomic mass is 32.2. The minimum atomic E-state index is -0.478. The molecule has 8 nitrogen and oxygen atoms in total. The molecule has 9 heteroatoms. The first-order valence-corrected chi connectivity index (χ1v) is 9.28. The standard InChI is InChI=1S/C19H14N6O2S/c1-27-13-8-6-12(7-9-13)17-14(10-20)18(26)22-19(21-17)28-11-25-16-5-3-2-4-15(16)23-24-25/h2-9H,11H2,1H3,(H,21,22,26). The van der Waals surface area contributed by atoms with E-state index in [1.807, 2.05) is 30.3 Å². The molecule has 2 heterocycles. The van der Waals surface area contributed by atoms with E-state index < -0.39 is 5.56 Å². The Morgan fingerprint density at radius 1 is 1.21 bits per heavy atom. The van der Waals surface area contributed by atoms with Crippen molar-refractivity contribution in [3.63, 3.8) is 0 Å². The first-order valence-electron chi connectivity index (χ1n) is 8.29. The van der Waals surface area contributed by atoms with Gasteiger partial charge in [0, 0.05) is 5.56 Å². The Kier molecular flexibility index (Phi) is 4.78. The van der Waals surface area contributed by atoms with Gasteiger partial charge in [-0.2, -0.15) is 5.26 Å². The number of ether oxygens (including phenoxy) is 1. The topological polar surface area (TPSA) is 109 Å². The summed E-state index contributed by atoms with van der Waals surface area (Å²) in [5.41, 5.74) is 2.18. The van der Waals surface area contributed by atoms with Crippen LogP contribution in [-0.4, -0.2) is 32.1 Å². The molecule has 4 rings (SSSR count). The summed E-state index contributed by atoms with van der Waals surface area (Å²) in [5.74, 6) is 1.09. The molecule has 2 aromatic heterocycles. The quantitative estimate of drug-likeness (QED) is 0.412. The molecule has 0 saturated carbocycles. The van der Waals surface area contributed by atoms with Crippen LogP contribution in [0, 0.1) is 11.3 Å². The number of hydrogen-bond donors (Lipinski definition) is 1. The zero-order chi connectivity index (χ0) is 19.5. The second kappa shape index (κ2) is 7.54. The Morgan fingerprint density at radius 3 is 2.75 bits per heavy atom. The smallest absolute Gasteiger partial charge is 0.270 e. The minimum Gasteiger partial charge on any atom is -0.497 e. The fraction of sp³-hybridized carbons (Fsp3) is 0.105. The minimum absolute atomic E-state index is 0.0271. The highest BCUT2D eigenvalue weighted by Gasteiger charge is 2.14. The number of aromatic nitrogens is 5. The number of fused-ring (bicyclic) bond motifs is 1. The number of aromatic amines is 1. The number of nitriles is 1. The van der Waals surface area contributed by atoms with Gasteiger partial charge in [-0.1, -0.05) is 29.1 Å². The van der Waals surface area contributed by atoms with Crippen LogP contribution in [0.15, 0.2) is 58.5 Å². The van der Waals surface area contributed by atoms with Crippen LogP contribution in [0.2, 0.25) is 0 Å². The van der Waals surface area contributed by atoms with Crippen molar-refractivity contribution >= 4 is 22.8 Å². The van der Waals surface area contributed by atoms with Gasteiger partial charge in [-0.25, -0.2) is 9.67 Å². The molecule has 0 unspecified atom stereocenters. The van der Waals surface area contributed by atoms with Gasteiger partial charge in [-0.3, -0.25) is 4.79 Å². The molecule has 1 N–H and O–H groups in total. The van der Waals surface area contributed by atoms with Gasteiger partial charge in [0.2, 0.25) is 0 Å². The molecule has 0 fully saturated rings. The molecule has 28 heavy (non-hydrogen) atoms. The lowest BCUT2D eigenvalue weighted by molar-refractivity contribution is 0.415. The number of thioether (sulfide) groups is 1. The summed E-state index contributed by atoms with van der Waals surface area (Å²) < 4.78 is 6.88. The third-order valence-corrected chi connectivity index (χ3v) is 4.96. The van der Waals surface area contributed by atoms with Crippen molar-refractivity contribution in [3.05, 3.63) is 64.4 Å². The number of para-hydroxylation sites is 1. The predicted molar refractivity (Wildman–Crippen MR) is 105 cm³/mol. The highest BCUT2D eigenvalue weighted by molar-refractivity contribution is 7.98. The van der Waals surface area contributed by atoms with Gasteiger partial charge in [0.05, 0.1) is 24.2 Å². The second-order valence-corrected chi connectivity index (χ2v) is 6.72. The molecule has 0 aliphatic carbocycles. The van der Waals surface area contributed by atoms with E-state index in [1.165, 1.54) is 11.8 Å². The average Bonchev–Trinajstić information content (AvgIpc) is 3.15. The van der Waals surface area contributed by atoms with Crippen molar-refractivity contribution in [2.75, 3.05) is 7.11 Å². The van der Waals surface area contributed by atoms with Gasteiger partial charge in [0.15, 0.2) is 5.16 Å². The molecule has 138 valence electrons. The summed E-state index contributed by atoms with van der Waals surface area (Å²) in [6.45, 7) is 0. The maximum Gasteiger partial charge on any atom is 0.270 e. The number of methoxy groups -OCH3 is 1. The van der Waals surface area contributed by atoms with Crippen LogP contribution in [-0.2, 0) is 5.88 Å². The molecule has 0 aliphatic rings. The fourth-order valence-electron chi connectivity index (χ4n) is 2.72. The Bertz CT molecular complexity index is 1240. The maximum absolute atomic E-state index is 12.4. The van der Waals surface area contributed by atoms with Crippen LogP contribution in [0.25, 0.3) is 22.3 Å². The number of rotatable bonds is 5. The first kappa shape index (κ1) is 17.8. The van der Waals surface area contributed by atoms with Crippen molar-refractivity contribution in [1.82, 2.24) is 25.0 Å². The third kappa shape index (κ3) is 3.33. The van der Waals surface area contributed by atoms with Gasteiger partial charge in [0.1, 0.15) is 22.9 Å². The zero-order valence-corrected chi connectivity index (χ0v) is 15.6. The van der Waals surface area contributed by atoms with Gasteiger partial charge in [-0.15, -0.1) is 5.10 Å². The van der Waals surface area contributed by atoms with Gasteiger partial charge < -0.3 is 9.72 Å². The molecule has 0 saturated heterocycles. The van der Waals surface area contributed by atoms with E-state index in [-0.39, 0.29) is 5.56 Å². The fourth-order valence-corrected chi connectivity index (χ4v) is 3.47. The summed E-state index contributed by atoms with van der Waals surface area (Å²) in [5, 5.41) is 18.0. The normalized spacial score (nSPS) is 10.7. The molecule has 0 amide bonds. The molecule has 2 aromatic carbocycles. The van der Waals surface area contributed by atoms with Gasteiger partial charge in [0.25, 0.3) is 5.56 Å². The average molecular weight is 390 g/mol. The first-order chi connectivity index (χ1) is 13.7. The number of nitrogens with zero attached hydrogens (tertiary/aromatic N) is 5. The lowest BCUT2D eigenvalue weighted by Gasteiger charge is -2.07. The monoisotopic (exact) mass is 390 g/mol. The molecule has 0 radical (unpaired) electrons. The van der Waals surface area contributed by atoms with E-state index in [9.17, 15) is 10.1 Å². The van der Waals surface area contributed by atoms with E-state index in [0.29, 0.717) is 28.0 Å². The highest BCUT2D eigenvalue weighted by Crippen LogP contribution is 2.25. The Labute approximate surface area is 163 Å². The van der Waals surface area contributed by atoms with Gasteiger partial charge >= 0.3 is 0 Å². The second-order valence-electron chi connectivity index (χ2n) is 5.79. The molecule has 0 bridgehead atoms. The molecule has 4 aromatic rings. The lowest BCUT2D eigenvalue weighted by Crippen LogP contribution is -2.15. The Balaban J connectivity index is 1.67. The number of hydrogen-bond acceptors (Lipinski definition) is 7. The largest absolute Gasteiger partial charge is 0.497 e. The number of H-pyrrole nitrogens is 1. The van der Waals surface area contributed by atoms with Crippen molar-refractivity contribution in [1.29, 1.82) is 5.26 Å². The van der Waals surface area contributed by atoms with Crippen molar-refractivity contribution in [2.45, 2.75) is 11.0 Å². The number of benzene rings is 2. The molecular formula is C19H14N6O2S. The van der Waals surface area contributed by atoms with Crippen LogP contribution in [0.5, 0.6) is 5.75 Å². The Morgan fingerprint density at radius 2 is 2.00 bits per heavy atom. The SMILES string of the molecule is COc1ccc(-c2nc(SCn3nnc4ccccc43)[nH]c(=O)c2C#N)cc1. The molecular weight excluding hydrogens is 376 g/mol. The van der Waals surface area contributed by atoms with E-state index in [0.717, 1.165) is 11.0 Å². The molecule has 0 atom stereocenters. The Hall–Kier alpha value is -3.64. The number of nitrogens with one attached hydrogen (secondary N) is 1. The van der Waals surface area contributed by atoms with E-state index >= 15 is 0 Å². The van der Waals surface area contributed by atoms with Crippen molar-refractivity contribution in [3.8, 4) is 23.1 Å². The van der Waals surface area contributed by atoms with Crippen LogP contribution >= 0.6 is 11.8 Å². The van der Waals surface area contributed by atoms with Crippen LogP contribution in [0.3, 0.4) is 0 Å². The van der Waals surface area contributed by atoms with E-state index in [2.05, 4.69) is 20.3 Å². The van der Waals surface area contributed by atoms with Crippen LogP contribution in [0.4, 0.5) is 0 Å². The van der Waals surface area contributed by atoms with Crippen molar-refractivity contribution < 1.29 is 4.74 Å².